The van der Waals surface area contributed by atoms with Crippen molar-refractivity contribution in [3.63, 3.8) is 0 Å². The van der Waals surface area contributed by atoms with Crippen molar-refractivity contribution in [2.75, 3.05) is 38.5 Å². The third kappa shape index (κ3) is 4.58. The number of carbonyl (C=O) groups excluding carboxylic acids is 2. The van der Waals surface area contributed by atoms with Crippen LogP contribution in [0.3, 0.4) is 0 Å². The Morgan fingerprint density at radius 3 is 2.35 bits per heavy atom. The number of nitrogen functional groups attached to an aromatic ring is 1. The summed E-state index contributed by atoms with van der Waals surface area (Å²) in [6, 6.07) is 12.5. The van der Waals surface area contributed by atoms with Crippen LogP contribution in [0.1, 0.15) is 33.4 Å². The molecule has 3 aromatic rings. The molecule has 1 aromatic carbocycles. The first-order chi connectivity index (χ1) is 16.4. The second-order valence-electron chi connectivity index (χ2n) is 8.28. The number of piperazine rings is 1. The van der Waals surface area contributed by atoms with Gasteiger partial charge in [-0.3, -0.25) is 23.5 Å². The fourth-order valence-electron chi connectivity index (χ4n) is 4.25. The third-order valence-corrected chi connectivity index (χ3v) is 6.15. The molecule has 34 heavy (non-hydrogen) atoms. The number of quaternary nitrogens is 1. The number of furan rings is 1. The fourth-order valence-corrected chi connectivity index (χ4v) is 4.25. The summed E-state index contributed by atoms with van der Waals surface area (Å²) >= 11 is 0. The SMILES string of the molecule is CCn1c(=O)c(C(=O)C[NH+]2CCN(C(=O)c3ccco3)CC2)c(N)n(Cc2ccccc2)c1=O. The van der Waals surface area contributed by atoms with Crippen molar-refractivity contribution in [1.29, 1.82) is 0 Å². The highest BCUT2D eigenvalue weighted by atomic mass is 16.3. The third-order valence-electron chi connectivity index (χ3n) is 6.15. The standard InChI is InChI=1S/C24H27N5O5/c1-2-28-23(32)20(21(25)29(24(28)33)15-17-7-4-3-5-8-17)18(30)16-26-10-12-27(13-11-26)22(31)19-9-6-14-34-19/h3-9,14H,2,10-13,15-16,25H2,1H3/p+1. The monoisotopic (exact) mass is 466 g/mol. The van der Waals surface area contributed by atoms with Crippen molar-refractivity contribution >= 4 is 17.5 Å². The number of nitrogens with two attached hydrogens (primary N) is 1. The molecule has 1 saturated heterocycles. The number of benzene rings is 1. The van der Waals surface area contributed by atoms with Gasteiger partial charge in [-0.15, -0.1) is 0 Å². The Kier molecular flexibility index (Phi) is 6.78. The van der Waals surface area contributed by atoms with Crippen molar-refractivity contribution in [2.45, 2.75) is 20.0 Å². The zero-order valence-electron chi connectivity index (χ0n) is 19.0. The molecule has 1 amide bonds. The van der Waals surface area contributed by atoms with Gasteiger partial charge in [-0.05, 0) is 24.6 Å². The zero-order chi connectivity index (χ0) is 24.2. The minimum atomic E-state index is -0.662. The minimum absolute atomic E-state index is 0.0511. The number of carbonyl (C=O) groups is 2. The number of ketones is 1. The second-order valence-corrected chi connectivity index (χ2v) is 8.28. The molecule has 1 aliphatic heterocycles. The van der Waals surface area contributed by atoms with Crippen LogP contribution >= 0.6 is 0 Å². The summed E-state index contributed by atoms with van der Waals surface area (Å²) in [5, 5.41) is 0. The van der Waals surface area contributed by atoms with Crippen molar-refractivity contribution in [3.05, 3.63) is 86.5 Å². The molecule has 3 N–H and O–H groups in total. The average molecular weight is 467 g/mol. The van der Waals surface area contributed by atoms with E-state index in [2.05, 4.69) is 0 Å². The molecule has 0 spiro atoms. The van der Waals surface area contributed by atoms with E-state index in [1.54, 1.807) is 24.0 Å². The van der Waals surface area contributed by atoms with Gasteiger partial charge < -0.3 is 20.0 Å². The maximum Gasteiger partial charge on any atom is 0.332 e. The Morgan fingerprint density at radius 2 is 1.74 bits per heavy atom. The highest BCUT2D eigenvalue weighted by molar-refractivity contribution is 6.00. The van der Waals surface area contributed by atoms with Crippen LogP contribution in [0.4, 0.5) is 5.82 Å². The molecule has 0 atom stereocenters. The van der Waals surface area contributed by atoms with E-state index in [4.69, 9.17) is 10.2 Å². The van der Waals surface area contributed by atoms with E-state index >= 15 is 0 Å². The van der Waals surface area contributed by atoms with E-state index in [0.717, 1.165) is 15.0 Å². The first-order valence-electron chi connectivity index (χ1n) is 11.3. The Bertz CT molecular complexity index is 1290. The summed E-state index contributed by atoms with van der Waals surface area (Å²) in [5.74, 6) is -0.418. The minimum Gasteiger partial charge on any atom is -0.459 e. The molecule has 0 unspecified atom stereocenters. The van der Waals surface area contributed by atoms with Gasteiger partial charge in [0.15, 0.2) is 5.76 Å². The Balaban J connectivity index is 1.53. The number of amides is 1. The number of hydrogen-bond donors (Lipinski definition) is 2. The van der Waals surface area contributed by atoms with E-state index in [1.165, 1.54) is 10.8 Å². The highest BCUT2D eigenvalue weighted by Crippen LogP contribution is 2.10. The lowest BCUT2D eigenvalue weighted by Gasteiger charge is -2.31. The van der Waals surface area contributed by atoms with E-state index < -0.39 is 17.0 Å². The molecule has 0 saturated carbocycles. The fraction of sp³-hybridized carbons (Fsp3) is 0.333. The second kappa shape index (κ2) is 9.92. The molecule has 4 rings (SSSR count). The zero-order valence-corrected chi connectivity index (χ0v) is 19.0. The maximum atomic E-state index is 13.2. The summed E-state index contributed by atoms with van der Waals surface area (Å²) in [5.41, 5.74) is 5.71. The normalized spacial score (nSPS) is 14.3. The molecule has 10 nitrogen and oxygen atoms in total. The van der Waals surface area contributed by atoms with Gasteiger partial charge in [-0.2, -0.15) is 0 Å². The molecule has 0 radical (unpaired) electrons. The van der Waals surface area contributed by atoms with Gasteiger partial charge in [-0.25, -0.2) is 4.79 Å². The molecular formula is C24H28N5O5+. The number of aromatic nitrogens is 2. The van der Waals surface area contributed by atoms with Gasteiger partial charge in [0.1, 0.15) is 17.9 Å². The molecule has 1 fully saturated rings. The van der Waals surface area contributed by atoms with Crippen molar-refractivity contribution in [1.82, 2.24) is 14.0 Å². The molecule has 1 aliphatic rings. The number of nitrogens with one attached hydrogen (secondary N) is 1. The van der Waals surface area contributed by atoms with Crippen LogP contribution < -0.4 is 21.9 Å². The van der Waals surface area contributed by atoms with Gasteiger partial charge in [0.2, 0.25) is 5.78 Å². The molecule has 178 valence electrons. The van der Waals surface area contributed by atoms with Crippen LogP contribution in [-0.4, -0.2) is 58.4 Å². The first-order valence-corrected chi connectivity index (χ1v) is 11.3. The average Bonchev–Trinajstić information content (AvgIpc) is 3.38. The topological polar surface area (TPSA) is 125 Å². The van der Waals surface area contributed by atoms with Crippen molar-refractivity contribution < 1.29 is 18.9 Å². The van der Waals surface area contributed by atoms with Crippen LogP contribution in [-0.2, 0) is 13.1 Å². The highest BCUT2D eigenvalue weighted by Gasteiger charge is 2.30. The van der Waals surface area contributed by atoms with Crippen LogP contribution in [0.2, 0.25) is 0 Å². The lowest BCUT2D eigenvalue weighted by molar-refractivity contribution is -0.895. The molecule has 3 heterocycles. The predicted molar refractivity (Wildman–Crippen MR) is 125 cm³/mol. The van der Waals surface area contributed by atoms with Crippen molar-refractivity contribution in [3.8, 4) is 0 Å². The lowest BCUT2D eigenvalue weighted by atomic mass is 10.1. The van der Waals surface area contributed by atoms with Crippen LogP contribution in [0, 0.1) is 0 Å². The van der Waals surface area contributed by atoms with Gasteiger partial charge in [0.05, 0.1) is 39.0 Å². The number of Topliss-reactive ketones (excluding diaryl/α,β-unsaturated/α-hetero) is 1. The lowest BCUT2D eigenvalue weighted by Crippen LogP contribution is -3.15. The quantitative estimate of drug-likeness (QED) is 0.452. The summed E-state index contributed by atoms with van der Waals surface area (Å²) < 4.78 is 7.50. The van der Waals surface area contributed by atoms with E-state index in [-0.39, 0.29) is 42.7 Å². The molecule has 0 bridgehead atoms. The maximum absolute atomic E-state index is 13.2. The molecule has 10 heteroatoms. The first kappa shape index (κ1) is 23.2. The predicted octanol–water partition coefficient (Wildman–Crippen LogP) is -0.523. The largest absolute Gasteiger partial charge is 0.459 e. The smallest absolute Gasteiger partial charge is 0.332 e. The van der Waals surface area contributed by atoms with E-state index in [9.17, 15) is 19.2 Å². The molecular weight excluding hydrogens is 438 g/mol. The number of hydrogen-bond acceptors (Lipinski definition) is 6. The summed E-state index contributed by atoms with van der Waals surface area (Å²) in [7, 11) is 0. The van der Waals surface area contributed by atoms with Gasteiger partial charge >= 0.3 is 5.69 Å². The Hall–Kier alpha value is -3.92. The van der Waals surface area contributed by atoms with Gasteiger partial charge in [0, 0.05) is 6.54 Å². The Morgan fingerprint density at radius 1 is 1.03 bits per heavy atom. The van der Waals surface area contributed by atoms with Crippen LogP contribution in [0.5, 0.6) is 0 Å². The molecule has 2 aromatic heterocycles. The van der Waals surface area contributed by atoms with Crippen LogP contribution in [0.15, 0.2) is 62.7 Å². The molecule has 0 aliphatic carbocycles. The van der Waals surface area contributed by atoms with Gasteiger partial charge in [-0.1, -0.05) is 30.3 Å². The van der Waals surface area contributed by atoms with E-state index in [1.807, 2.05) is 30.3 Å². The number of anilines is 1. The summed E-state index contributed by atoms with van der Waals surface area (Å²) in [6.45, 7) is 4.04. The van der Waals surface area contributed by atoms with Crippen LogP contribution in [0.25, 0.3) is 0 Å². The van der Waals surface area contributed by atoms with Gasteiger partial charge in [0.25, 0.3) is 11.5 Å². The number of rotatable bonds is 7. The van der Waals surface area contributed by atoms with Crippen molar-refractivity contribution in [2.24, 2.45) is 0 Å². The van der Waals surface area contributed by atoms with E-state index in [0.29, 0.717) is 26.2 Å². The summed E-state index contributed by atoms with van der Waals surface area (Å²) in [4.78, 5) is 54.2. The Labute approximate surface area is 195 Å². The summed E-state index contributed by atoms with van der Waals surface area (Å²) in [6.07, 6.45) is 1.46. The number of nitrogens with zero attached hydrogens (tertiary/aromatic N) is 3.